The molecule has 0 unspecified atom stereocenters. The molecule has 0 spiro atoms. The summed E-state index contributed by atoms with van der Waals surface area (Å²) in [6.45, 7) is 6.12. The van der Waals surface area contributed by atoms with E-state index in [2.05, 4.69) is 16.0 Å². The summed E-state index contributed by atoms with van der Waals surface area (Å²) in [5, 5.41) is 9.36. The Labute approximate surface area is 155 Å². The van der Waals surface area contributed by atoms with Crippen molar-refractivity contribution in [3.05, 3.63) is 0 Å². The summed E-state index contributed by atoms with van der Waals surface area (Å²) in [6, 6.07) is 0.267. The van der Waals surface area contributed by atoms with Crippen LogP contribution in [-0.2, 0) is 19.1 Å². The minimum Gasteiger partial charge on any atom is -0.378 e. The van der Waals surface area contributed by atoms with Crippen molar-refractivity contribution < 1.29 is 19.1 Å². The second kappa shape index (κ2) is 17.1. The molecule has 154 valence electrons. The van der Waals surface area contributed by atoms with Crippen molar-refractivity contribution in [2.45, 2.75) is 31.8 Å². The van der Waals surface area contributed by atoms with Crippen LogP contribution in [0.2, 0.25) is 0 Å². The fraction of sp³-hybridized carbons (Fsp3) is 0.875. The second-order valence-corrected chi connectivity index (χ2v) is 6.00. The van der Waals surface area contributed by atoms with Gasteiger partial charge in [0, 0.05) is 51.2 Å². The third-order valence-corrected chi connectivity index (χ3v) is 3.54. The molecule has 0 radical (unpaired) electrons. The van der Waals surface area contributed by atoms with Crippen LogP contribution in [0.1, 0.15) is 19.8 Å². The Morgan fingerprint density at radius 1 is 1.04 bits per heavy atom. The zero-order valence-corrected chi connectivity index (χ0v) is 15.8. The summed E-state index contributed by atoms with van der Waals surface area (Å²) in [7, 11) is 0. The molecule has 0 aromatic carbocycles. The van der Waals surface area contributed by atoms with Gasteiger partial charge in [0.25, 0.3) is 0 Å². The van der Waals surface area contributed by atoms with Gasteiger partial charge in [-0.1, -0.05) is 0 Å². The highest BCUT2D eigenvalue weighted by molar-refractivity contribution is 5.77. The van der Waals surface area contributed by atoms with E-state index in [1.807, 2.05) is 6.92 Å². The number of nitrogens with two attached hydrogens (primary N) is 3. The van der Waals surface area contributed by atoms with Gasteiger partial charge in [0.15, 0.2) is 0 Å². The highest BCUT2D eigenvalue weighted by Gasteiger charge is 2.09. The highest BCUT2D eigenvalue weighted by atomic mass is 16.5. The zero-order chi connectivity index (χ0) is 19.6. The molecule has 0 aromatic rings. The van der Waals surface area contributed by atoms with Crippen LogP contribution in [0.15, 0.2) is 0 Å². The molecule has 0 aliphatic heterocycles. The summed E-state index contributed by atoms with van der Waals surface area (Å²) in [4.78, 5) is 22.4. The fourth-order valence-corrected chi connectivity index (χ4v) is 2.07. The molecule has 0 saturated heterocycles. The summed E-state index contributed by atoms with van der Waals surface area (Å²) in [5.74, 6) is -0.481. The maximum absolute atomic E-state index is 11.6. The lowest BCUT2D eigenvalue weighted by Gasteiger charge is -2.20. The largest absolute Gasteiger partial charge is 0.378 e. The smallest absolute Gasteiger partial charge is 0.246 e. The Kier molecular flexibility index (Phi) is 16.3. The maximum atomic E-state index is 11.6. The molecular formula is C16H36N6O4. The van der Waals surface area contributed by atoms with E-state index in [9.17, 15) is 9.59 Å². The molecule has 0 aliphatic rings. The third-order valence-electron chi connectivity index (χ3n) is 3.54. The number of carbonyl (C=O) groups excluding carboxylic acids is 2. The van der Waals surface area contributed by atoms with Crippen LogP contribution in [0, 0.1) is 0 Å². The van der Waals surface area contributed by atoms with Gasteiger partial charge < -0.3 is 42.6 Å². The first-order valence-corrected chi connectivity index (χ1v) is 9.07. The molecule has 10 nitrogen and oxygen atoms in total. The second-order valence-electron chi connectivity index (χ2n) is 6.00. The van der Waals surface area contributed by atoms with Gasteiger partial charge in [0.1, 0.15) is 6.61 Å². The van der Waals surface area contributed by atoms with E-state index < -0.39 is 0 Å². The number of hydrogen-bond acceptors (Lipinski definition) is 8. The van der Waals surface area contributed by atoms with Crippen molar-refractivity contribution >= 4 is 11.8 Å². The van der Waals surface area contributed by atoms with E-state index in [0.29, 0.717) is 65.4 Å². The van der Waals surface area contributed by atoms with Gasteiger partial charge in [-0.3, -0.25) is 9.59 Å². The van der Waals surface area contributed by atoms with Crippen LogP contribution >= 0.6 is 0 Å². The molecule has 0 rings (SSSR count). The van der Waals surface area contributed by atoms with E-state index in [1.165, 1.54) is 0 Å². The predicted molar refractivity (Wildman–Crippen MR) is 100 cm³/mol. The first-order valence-electron chi connectivity index (χ1n) is 9.07. The normalized spacial score (nSPS) is 13.3. The molecule has 26 heavy (non-hydrogen) atoms. The van der Waals surface area contributed by atoms with E-state index >= 15 is 0 Å². The number of nitrogens with one attached hydrogen (secondary N) is 3. The zero-order valence-electron chi connectivity index (χ0n) is 15.8. The third kappa shape index (κ3) is 16.2. The molecule has 0 aromatic heterocycles. The van der Waals surface area contributed by atoms with Gasteiger partial charge in [-0.05, 0) is 13.3 Å². The van der Waals surface area contributed by atoms with Crippen LogP contribution in [0.3, 0.4) is 0 Å². The molecular weight excluding hydrogens is 340 g/mol. The molecule has 0 heterocycles. The van der Waals surface area contributed by atoms with Crippen molar-refractivity contribution in [2.24, 2.45) is 17.2 Å². The SMILES string of the molecule is C[C@@H](CN[C@H](CN)CCC(N)=O)NCCNC(=O)COCCOCCN. The molecule has 10 heteroatoms. The number of rotatable bonds is 18. The van der Waals surface area contributed by atoms with E-state index in [1.54, 1.807) is 0 Å². The Hall–Kier alpha value is -1.30. The van der Waals surface area contributed by atoms with Gasteiger partial charge in [0.05, 0.1) is 19.8 Å². The van der Waals surface area contributed by atoms with Crippen LogP contribution in [0.4, 0.5) is 0 Å². The van der Waals surface area contributed by atoms with Gasteiger partial charge in [0.2, 0.25) is 11.8 Å². The lowest BCUT2D eigenvalue weighted by Crippen LogP contribution is -2.45. The molecule has 2 atom stereocenters. The molecule has 9 N–H and O–H groups in total. The molecule has 2 amide bonds. The van der Waals surface area contributed by atoms with E-state index in [4.69, 9.17) is 26.7 Å². The van der Waals surface area contributed by atoms with Crippen molar-refractivity contribution in [2.75, 3.05) is 59.2 Å². The molecule has 0 fully saturated rings. The van der Waals surface area contributed by atoms with Gasteiger partial charge >= 0.3 is 0 Å². The standard InChI is InChI=1S/C16H36N6O4/c1-13(11-22-14(10-18)2-3-15(19)23)20-5-6-21-16(24)12-26-9-8-25-7-4-17/h13-14,20,22H,2-12,17-18H2,1H3,(H2,19,23)(H,21,24)/t13-,14-/m0/s1. The Morgan fingerprint density at radius 3 is 2.42 bits per heavy atom. The van der Waals surface area contributed by atoms with E-state index in [-0.39, 0.29) is 30.5 Å². The maximum Gasteiger partial charge on any atom is 0.246 e. The number of carbonyl (C=O) groups is 2. The van der Waals surface area contributed by atoms with Crippen molar-refractivity contribution in [1.82, 2.24) is 16.0 Å². The van der Waals surface area contributed by atoms with Gasteiger partial charge in [-0.25, -0.2) is 0 Å². The minimum absolute atomic E-state index is 0.0150. The number of primary amides is 1. The van der Waals surface area contributed by atoms with E-state index in [0.717, 1.165) is 0 Å². The fourth-order valence-electron chi connectivity index (χ4n) is 2.07. The Bertz CT molecular complexity index is 373. The van der Waals surface area contributed by atoms with Gasteiger partial charge in [-0.2, -0.15) is 0 Å². The molecule has 0 saturated carbocycles. The average Bonchev–Trinajstić information content (AvgIpc) is 2.61. The summed E-state index contributed by atoms with van der Waals surface area (Å²) >= 11 is 0. The first kappa shape index (κ1) is 24.7. The summed E-state index contributed by atoms with van der Waals surface area (Å²) in [5.41, 5.74) is 16.1. The molecule has 0 bridgehead atoms. The Morgan fingerprint density at radius 2 is 1.77 bits per heavy atom. The van der Waals surface area contributed by atoms with Crippen molar-refractivity contribution in [1.29, 1.82) is 0 Å². The topological polar surface area (TPSA) is 167 Å². The van der Waals surface area contributed by atoms with Crippen molar-refractivity contribution in [3.63, 3.8) is 0 Å². The first-order chi connectivity index (χ1) is 12.5. The number of hydrogen-bond donors (Lipinski definition) is 6. The Balaban J connectivity index is 3.58. The monoisotopic (exact) mass is 376 g/mol. The van der Waals surface area contributed by atoms with Crippen LogP contribution in [0.25, 0.3) is 0 Å². The summed E-state index contributed by atoms with van der Waals surface area (Å²) < 4.78 is 10.3. The molecule has 0 aliphatic carbocycles. The lowest BCUT2D eigenvalue weighted by atomic mass is 10.1. The number of ether oxygens (including phenoxy) is 2. The van der Waals surface area contributed by atoms with Crippen LogP contribution in [0.5, 0.6) is 0 Å². The summed E-state index contributed by atoms with van der Waals surface area (Å²) in [6.07, 6.45) is 0.954. The highest BCUT2D eigenvalue weighted by Crippen LogP contribution is 1.95. The van der Waals surface area contributed by atoms with Crippen LogP contribution in [-0.4, -0.2) is 83.0 Å². The van der Waals surface area contributed by atoms with Gasteiger partial charge in [-0.15, -0.1) is 0 Å². The minimum atomic E-state index is -0.320. The number of amides is 2. The lowest BCUT2D eigenvalue weighted by molar-refractivity contribution is -0.126. The quantitative estimate of drug-likeness (QED) is 0.140. The predicted octanol–water partition coefficient (Wildman–Crippen LogP) is -2.74. The van der Waals surface area contributed by atoms with Crippen molar-refractivity contribution in [3.8, 4) is 0 Å². The van der Waals surface area contributed by atoms with Crippen LogP contribution < -0.4 is 33.2 Å². The average molecular weight is 377 g/mol.